The summed E-state index contributed by atoms with van der Waals surface area (Å²) in [4.78, 5) is 0. The van der Waals surface area contributed by atoms with Crippen molar-refractivity contribution in [3.8, 4) is 0 Å². The van der Waals surface area contributed by atoms with Crippen LogP contribution >= 0.6 is 0 Å². The molecule has 0 amide bonds. The van der Waals surface area contributed by atoms with Gasteiger partial charge in [0.2, 0.25) is 0 Å². The fraction of sp³-hybridized carbons (Fsp3) is 0.833. The van der Waals surface area contributed by atoms with Crippen LogP contribution in [0.15, 0.2) is 0 Å². The van der Waals surface area contributed by atoms with E-state index in [2.05, 4.69) is 6.92 Å². The quantitative estimate of drug-likeness (QED) is 0.444. The van der Waals surface area contributed by atoms with Crippen molar-refractivity contribution in [2.75, 3.05) is 19.8 Å². The zero-order valence-electron chi connectivity index (χ0n) is 5.68. The average molecular weight is 241 g/mol. The number of rotatable bonds is 4. The maximum absolute atomic E-state index is 8.62. The predicted octanol–water partition coefficient (Wildman–Crippen LogP) is -0.829. The number of hydrogen-bond acceptors (Lipinski definition) is 3. The summed E-state index contributed by atoms with van der Waals surface area (Å²) in [6.45, 7) is 2.83. The normalized spacial score (nSPS) is 10.8. The minimum Gasteiger partial charge on any atom is -0.396 e. The molecule has 3 N–H and O–H groups in total. The zero-order chi connectivity index (χ0) is 7.33. The van der Waals surface area contributed by atoms with Gasteiger partial charge in [-0.05, 0) is 0 Å². The van der Waals surface area contributed by atoms with Gasteiger partial charge in [0.25, 0.3) is 0 Å². The summed E-state index contributed by atoms with van der Waals surface area (Å²) < 4.78 is 0. The second kappa shape index (κ2) is 6.34. The monoisotopic (exact) mass is 240 g/mol. The Balaban J connectivity index is 0. The van der Waals surface area contributed by atoms with Crippen LogP contribution in [-0.2, 0) is 22.4 Å². The largest absolute Gasteiger partial charge is 1.00 e. The van der Waals surface area contributed by atoms with Crippen LogP contribution in [0, 0.1) is 12.3 Å². The molecular weight excluding hydrogens is 228 g/mol. The molecule has 0 unspecified atom stereocenters. The first kappa shape index (κ1) is 13.2. The topological polar surface area (TPSA) is 60.7 Å². The second-order valence-electron chi connectivity index (χ2n) is 2.22. The summed E-state index contributed by atoms with van der Waals surface area (Å²) in [5.41, 5.74) is -0.778. The molecule has 0 radical (unpaired) electrons. The van der Waals surface area contributed by atoms with Crippen molar-refractivity contribution >= 4 is 0 Å². The minimum atomic E-state index is -0.778. The Morgan fingerprint density at radius 1 is 1.00 bits per heavy atom. The minimum absolute atomic E-state index is 0. The third-order valence-corrected chi connectivity index (χ3v) is 1.54. The van der Waals surface area contributed by atoms with E-state index in [9.17, 15) is 0 Å². The SMILES string of the molecule is [Ag+].[CH2-]CC(CO)(CO)CO. The van der Waals surface area contributed by atoms with Gasteiger partial charge in [-0.3, -0.25) is 0 Å². The molecule has 0 aliphatic heterocycles. The van der Waals surface area contributed by atoms with Crippen molar-refractivity contribution in [2.45, 2.75) is 6.42 Å². The molecule has 0 bridgehead atoms. The molecule has 3 nitrogen and oxygen atoms in total. The van der Waals surface area contributed by atoms with Crippen LogP contribution in [0.3, 0.4) is 0 Å². The summed E-state index contributed by atoms with van der Waals surface area (Å²) >= 11 is 0. The average Bonchev–Trinajstić information content (AvgIpc) is 1.95. The molecule has 0 spiro atoms. The van der Waals surface area contributed by atoms with E-state index in [0.29, 0.717) is 6.42 Å². The molecule has 0 aromatic rings. The van der Waals surface area contributed by atoms with E-state index in [-0.39, 0.29) is 42.2 Å². The maximum atomic E-state index is 8.62. The fourth-order valence-electron chi connectivity index (χ4n) is 0.387. The first-order valence-corrected chi connectivity index (χ1v) is 2.86. The van der Waals surface area contributed by atoms with Crippen LogP contribution in [0.5, 0.6) is 0 Å². The van der Waals surface area contributed by atoms with Gasteiger partial charge in [-0.1, -0.05) is 0 Å². The predicted molar refractivity (Wildman–Crippen MR) is 33.7 cm³/mol. The summed E-state index contributed by atoms with van der Waals surface area (Å²) in [5, 5.41) is 25.8. The third-order valence-electron chi connectivity index (χ3n) is 1.54. The molecule has 66 valence electrons. The van der Waals surface area contributed by atoms with Crippen LogP contribution < -0.4 is 0 Å². The summed E-state index contributed by atoms with van der Waals surface area (Å²) in [6.07, 6.45) is 0.344. The molecule has 0 fully saturated rings. The Labute approximate surface area is 76.6 Å². The number of aliphatic hydroxyl groups excluding tert-OH is 3. The Kier molecular flexibility index (Phi) is 8.38. The van der Waals surface area contributed by atoms with E-state index in [0.717, 1.165) is 0 Å². The molecule has 0 saturated heterocycles. The smallest absolute Gasteiger partial charge is 0.396 e. The van der Waals surface area contributed by atoms with E-state index in [1.54, 1.807) is 0 Å². The van der Waals surface area contributed by atoms with Gasteiger partial charge in [-0.2, -0.15) is 6.42 Å². The van der Waals surface area contributed by atoms with Gasteiger partial charge in [0, 0.05) is 5.41 Å². The molecule has 0 rings (SSSR count). The Bertz CT molecular complexity index is 55.9. The van der Waals surface area contributed by atoms with Crippen molar-refractivity contribution in [3.63, 3.8) is 0 Å². The third kappa shape index (κ3) is 3.14. The summed E-state index contributed by atoms with van der Waals surface area (Å²) in [7, 11) is 0. The molecule has 0 aliphatic rings. The fourth-order valence-corrected chi connectivity index (χ4v) is 0.387. The van der Waals surface area contributed by atoms with E-state index in [4.69, 9.17) is 15.3 Å². The molecule has 0 aliphatic carbocycles. The van der Waals surface area contributed by atoms with Crippen LogP contribution in [0.2, 0.25) is 0 Å². The molecule has 0 saturated carbocycles. The standard InChI is InChI=1S/C6H13O3.Ag/c1-2-6(3-7,4-8)5-9;/h7-9H,1-5H2;/q-1;+1. The summed E-state index contributed by atoms with van der Waals surface area (Å²) in [5.74, 6) is 0. The molecule has 0 aromatic heterocycles. The molecule has 4 heteroatoms. The molecule has 0 aromatic carbocycles. The van der Waals surface area contributed by atoms with Crippen molar-refractivity contribution in [2.24, 2.45) is 5.41 Å². The molecule has 0 atom stereocenters. The zero-order valence-corrected chi connectivity index (χ0v) is 7.16. The van der Waals surface area contributed by atoms with Gasteiger partial charge in [0.15, 0.2) is 0 Å². The molecule has 0 heterocycles. The maximum Gasteiger partial charge on any atom is 1.00 e. The molecule has 10 heavy (non-hydrogen) atoms. The van der Waals surface area contributed by atoms with Crippen LogP contribution in [0.25, 0.3) is 0 Å². The molecular formula is C6H13AgO3. The van der Waals surface area contributed by atoms with Gasteiger partial charge >= 0.3 is 22.4 Å². The first-order valence-electron chi connectivity index (χ1n) is 2.86. The van der Waals surface area contributed by atoms with Crippen LogP contribution in [-0.4, -0.2) is 35.1 Å². The van der Waals surface area contributed by atoms with E-state index >= 15 is 0 Å². The second-order valence-corrected chi connectivity index (χ2v) is 2.22. The first-order chi connectivity index (χ1) is 4.24. The van der Waals surface area contributed by atoms with Crippen molar-refractivity contribution in [1.29, 1.82) is 0 Å². The van der Waals surface area contributed by atoms with Crippen molar-refractivity contribution in [1.82, 2.24) is 0 Å². The van der Waals surface area contributed by atoms with Gasteiger partial charge in [0.05, 0.1) is 19.8 Å². The van der Waals surface area contributed by atoms with Crippen LogP contribution in [0.4, 0.5) is 0 Å². The van der Waals surface area contributed by atoms with Gasteiger partial charge in [-0.15, -0.1) is 0 Å². The van der Waals surface area contributed by atoms with E-state index < -0.39 is 5.41 Å². The number of hydrogen-bond donors (Lipinski definition) is 3. The van der Waals surface area contributed by atoms with Crippen molar-refractivity contribution in [3.05, 3.63) is 6.92 Å². The summed E-state index contributed by atoms with van der Waals surface area (Å²) in [6, 6.07) is 0. The van der Waals surface area contributed by atoms with E-state index in [1.807, 2.05) is 0 Å². The Morgan fingerprint density at radius 2 is 1.30 bits per heavy atom. The van der Waals surface area contributed by atoms with Crippen LogP contribution in [0.1, 0.15) is 6.42 Å². The van der Waals surface area contributed by atoms with Gasteiger partial charge in [0.1, 0.15) is 0 Å². The number of aliphatic hydroxyl groups is 3. The van der Waals surface area contributed by atoms with Crippen molar-refractivity contribution < 1.29 is 37.7 Å². The van der Waals surface area contributed by atoms with Gasteiger partial charge < -0.3 is 22.2 Å². The Morgan fingerprint density at radius 3 is 1.30 bits per heavy atom. The van der Waals surface area contributed by atoms with E-state index in [1.165, 1.54) is 0 Å². The van der Waals surface area contributed by atoms with Gasteiger partial charge in [-0.25, -0.2) is 0 Å². The Hall–Kier alpha value is 0.620.